The summed E-state index contributed by atoms with van der Waals surface area (Å²) in [6.45, 7) is 5.57. The molecule has 0 aliphatic heterocycles. The second-order valence-electron chi connectivity index (χ2n) is 7.26. The Morgan fingerprint density at radius 3 is 2.65 bits per heavy atom. The lowest BCUT2D eigenvalue weighted by Crippen LogP contribution is -2.37. The molecule has 0 N–H and O–H groups in total. The van der Waals surface area contributed by atoms with Gasteiger partial charge in [-0.1, -0.05) is 33.3 Å². The van der Waals surface area contributed by atoms with Gasteiger partial charge in [-0.25, -0.2) is 14.0 Å². The Balaban J connectivity index is 1.74. The fourth-order valence-electron chi connectivity index (χ4n) is 3.33. The zero-order valence-electron chi connectivity index (χ0n) is 15.6. The van der Waals surface area contributed by atoms with Gasteiger partial charge in [-0.3, -0.25) is 0 Å². The van der Waals surface area contributed by atoms with Crippen LogP contribution in [-0.4, -0.2) is 31.3 Å². The number of carbonyl (C=O) groups excluding carboxylic acids is 2. The van der Waals surface area contributed by atoms with Gasteiger partial charge in [-0.05, 0) is 42.7 Å². The lowest BCUT2D eigenvalue weighted by atomic mass is 9.75. The summed E-state index contributed by atoms with van der Waals surface area (Å²) in [4.78, 5) is 23.7. The third-order valence-electron chi connectivity index (χ3n) is 4.75. The van der Waals surface area contributed by atoms with E-state index in [4.69, 9.17) is 14.2 Å². The molecular formula is C20H27FO5. The normalized spacial score (nSPS) is 22.7. The van der Waals surface area contributed by atoms with E-state index in [1.54, 1.807) is 0 Å². The molecule has 26 heavy (non-hydrogen) atoms. The molecule has 2 rings (SSSR count). The Hall–Kier alpha value is -2.11. The van der Waals surface area contributed by atoms with Crippen molar-refractivity contribution < 1.29 is 28.2 Å². The molecule has 0 unspecified atom stereocenters. The van der Waals surface area contributed by atoms with Crippen LogP contribution in [0.3, 0.4) is 0 Å². The summed E-state index contributed by atoms with van der Waals surface area (Å²) in [5.74, 6) is -0.200. The molecule has 1 fully saturated rings. The number of rotatable bonds is 7. The number of hydrogen-bond acceptors (Lipinski definition) is 5. The minimum absolute atomic E-state index is 0.131. The summed E-state index contributed by atoms with van der Waals surface area (Å²) in [5, 5.41) is 0. The van der Waals surface area contributed by atoms with Crippen LogP contribution in [0.2, 0.25) is 0 Å². The maximum Gasteiger partial charge on any atom is 0.344 e. The number of halogens is 1. The molecule has 144 valence electrons. The highest BCUT2D eigenvalue weighted by molar-refractivity contribution is 5.77. The molecule has 5 nitrogen and oxygen atoms in total. The molecular weight excluding hydrogens is 339 g/mol. The fraction of sp³-hybridized carbons (Fsp3) is 0.600. The second-order valence-corrected chi connectivity index (χ2v) is 7.26. The summed E-state index contributed by atoms with van der Waals surface area (Å²) in [5.41, 5.74) is 0. The van der Waals surface area contributed by atoms with Crippen molar-refractivity contribution in [1.82, 2.24) is 0 Å². The van der Waals surface area contributed by atoms with Gasteiger partial charge in [0.05, 0.1) is 0 Å². The van der Waals surface area contributed by atoms with Crippen LogP contribution in [-0.2, 0) is 19.1 Å². The van der Waals surface area contributed by atoms with Crippen molar-refractivity contribution in [2.45, 2.75) is 46.1 Å². The van der Waals surface area contributed by atoms with Crippen LogP contribution in [0.25, 0.3) is 0 Å². The van der Waals surface area contributed by atoms with Gasteiger partial charge in [0.15, 0.2) is 13.2 Å². The van der Waals surface area contributed by atoms with Gasteiger partial charge < -0.3 is 14.2 Å². The first-order valence-corrected chi connectivity index (χ1v) is 9.08. The predicted molar refractivity (Wildman–Crippen MR) is 94.1 cm³/mol. The molecule has 0 bridgehead atoms. The van der Waals surface area contributed by atoms with E-state index in [1.807, 2.05) is 0 Å². The van der Waals surface area contributed by atoms with Crippen molar-refractivity contribution >= 4 is 11.9 Å². The summed E-state index contributed by atoms with van der Waals surface area (Å²) < 4.78 is 28.6. The molecule has 1 aliphatic carbocycles. The SMILES string of the molecule is CC(C)[C@H]1CC[C@H](C)C[C@H]1OC(=O)COC(=O)COc1cccc(F)c1. The molecule has 1 aliphatic rings. The topological polar surface area (TPSA) is 61.8 Å². The third kappa shape index (κ3) is 6.32. The first-order chi connectivity index (χ1) is 12.3. The number of benzene rings is 1. The van der Waals surface area contributed by atoms with Crippen molar-refractivity contribution in [3.63, 3.8) is 0 Å². The molecule has 0 spiro atoms. The quantitative estimate of drug-likeness (QED) is 0.688. The van der Waals surface area contributed by atoms with E-state index in [2.05, 4.69) is 20.8 Å². The zero-order chi connectivity index (χ0) is 19.1. The van der Waals surface area contributed by atoms with E-state index in [1.165, 1.54) is 18.2 Å². The van der Waals surface area contributed by atoms with E-state index in [0.29, 0.717) is 17.8 Å². The van der Waals surface area contributed by atoms with Crippen LogP contribution in [0.1, 0.15) is 40.0 Å². The van der Waals surface area contributed by atoms with Gasteiger partial charge in [-0.15, -0.1) is 0 Å². The Morgan fingerprint density at radius 1 is 1.19 bits per heavy atom. The van der Waals surface area contributed by atoms with E-state index in [0.717, 1.165) is 25.3 Å². The van der Waals surface area contributed by atoms with E-state index in [9.17, 15) is 14.0 Å². The molecule has 3 atom stereocenters. The predicted octanol–water partition coefficient (Wildman–Crippen LogP) is 3.75. The summed E-state index contributed by atoms with van der Waals surface area (Å²) in [6, 6.07) is 5.44. The smallest absolute Gasteiger partial charge is 0.344 e. The number of ether oxygens (including phenoxy) is 3. The highest BCUT2D eigenvalue weighted by Crippen LogP contribution is 2.35. The van der Waals surface area contributed by atoms with Crippen LogP contribution in [0.5, 0.6) is 5.75 Å². The molecule has 0 amide bonds. The highest BCUT2D eigenvalue weighted by Gasteiger charge is 2.33. The second kappa shape index (κ2) is 9.55. The van der Waals surface area contributed by atoms with E-state index in [-0.39, 0.29) is 11.9 Å². The van der Waals surface area contributed by atoms with Crippen LogP contribution in [0, 0.1) is 23.6 Å². The Bertz CT molecular complexity index is 616. The zero-order valence-corrected chi connectivity index (χ0v) is 15.6. The minimum Gasteiger partial charge on any atom is -0.482 e. The van der Waals surface area contributed by atoms with Crippen molar-refractivity contribution in [1.29, 1.82) is 0 Å². The lowest BCUT2D eigenvalue weighted by Gasteiger charge is -2.36. The molecule has 0 heterocycles. The van der Waals surface area contributed by atoms with Crippen LogP contribution in [0.15, 0.2) is 24.3 Å². The summed E-state index contributed by atoms with van der Waals surface area (Å²) in [7, 11) is 0. The van der Waals surface area contributed by atoms with Gasteiger partial charge in [0.2, 0.25) is 0 Å². The molecule has 1 aromatic rings. The molecule has 1 saturated carbocycles. The third-order valence-corrected chi connectivity index (χ3v) is 4.75. The van der Waals surface area contributed by atoms with Crippen molar-refractivity contribution in [3.8, 4) is 5.75 Å². The molecule has 0 saturated heterocycles. The van der Waals surface area contributed by atoms with Crippen molar-refractivity contribution in [3.05, 3.63) is 30.1 Å². The molecule has 0 radical (unpaired) electrons. The summed E-state index contributed by atoms with van der Waals surface area (Å²) in [6.07, 6.45) is 2.89. The first kappa shape index (κ1) is 20.2. The van der Waals surface area contributed by atoms with Gasteiger partial charge in [0, 0.05) is 6.07 Å². The van der Waals surface area contributed by atoms with Gasteiger partial charge in [0.25, 0.3) is 0 Å². The maximum absolute atomic E-state index is 13.0. The van der Waals surface area contributed by atoms with Gasteiger partial charge in [-0.2, -0.15) is 0 Å². The molecule has 1 aromatic carbocycles. The van der Waals surface area contributed by atoms with Crippen LogP contribution < -0.4 is 4.74 Å². The number of carbonyl (C=O) groups is 2. The highest BCUT2D eigenvalue weighted by atomic mass is 19.1. The molecule has 6 heteroatoms. The Labute approximate surface area is 153 Å². The fourth-order valence-corrected chi connectivity index (χ4v) is 3.33. The minimum atomic E-state index is -0.705. The average molecular weight is 366 g/mol. The van der Waals surface area contributed by atoms with Gasteiger partial charge >= 0.3 is 11.9 Å². The number of esters is 2. The van der Waals surface area contributed by atoms with Gasteiger partial charge in [0.1, 0.15) is 17.7 Å². The first-order valence-electron chi connectivity index (χ1n) is 9.08. The summed E-state index contributed by atoms with van der Waals surface area (Å²) >= 11 is 0. The van der Waals surface area contributed by atoms with Crippen molar-refractivity contribution in [2.24, 2.45) is 17.8 Å². The van der Waals surface area contributed by atoms with Crippen molar-refractivity contribution in [2.75, 3.05) is 13.2 Å². The Kier molecular flexibility index (Phi) is 7.42. The van der Waals surface area contributed by atoms with Crippen LogP contribution in [0.4, 0.5) is 4.39 Å². The standard InChI is InChI=1S/C20H27FO5/c1-13(2)17-8-7-14(3)9-18(17)26-20(23)12-25-19(22)11-24-16-6-4-5-15(21)10-16/h4-6,10,13-14,17-18H,7-9,11-12H2,1-3H3/t14-,17+,18+/m0/s1. The largest absolute Gasteiger partial charge is 0.482 e. The maximum atomic E-state index is 13.0. The average Bonchev–Trinajstić information content (AvgIpc) is 2.58. The molecule has 0 aromatic heterocycles. The monoisotopic (exact) mass is 366 g/mol. The van der Waals surface area contributed by atoms with E-state index >= 15 is 0 Å². The van der Waals surface area contributed by atoms with E-state index < -0.39 is 31.0 Å². The Morgan fingerprint density at radius 2 is 1.96 bits per heavy atom. The van der Waals surface area contributed by atoms with Crippen LogP contribution >= 0.6 is 0 Å². The number of hydrogen-bond donors (Lipinski definition) is 0. The lowest BCUT2D eigenvalue weighted by molar-refractivity contribution is -0.167.